The van der Waals surface area contributed by atoms with Gasteiger partial charge in [-0.3, -0.25) is 5.84 Å². The van der Waals surface area contributed by atoms with Gasteiger partial charge in [0.2, 0.25) is 0 Å². The summed E-state index contributed by atoms with van der Waals surface area (Å²) >= 11 is 0. The maximum absolute atomic E-state index is 8.36. The molecule has 1 fully saturated rings. The highest BCUT2D eigenvalue weighted by atomic mass is 16.6. The van der Waals surface area contributed by atoms with Crippen molar-refractivity contribution in [3.63, 3.8) is 0 Å². The summed E-state index contributed by atoms with van der Waals surface area (Å²) < 4.78 is 11.4. The van der Waals surface area contributed by atoms with Crippen molar-refractivity contribution in [2.45, 2.75) is 64.3 Å². The lowest BCUT2D eigenvalue weighted by Gasteiger charge is -2.31. The minimum Gasteiger partial charge on any atom is -0.486 e. The largest absolute Gasteiger partial charge is 0.486 e. The van der Waals surface area contributed by atoms with Gasteiger partial charge >= 0.3 is 0 Å². The minimum absolute atomic E-state index is 0.187. The van der Waals surface area contributed by atoms with Gasteiger partial charge in [0.05, 0.1) is 6.54 Å². The molecule has 1 saturated heterocycles. The third kappa shape index (κ3) is 6.98. The Kier molecular flexibility index (Phi) is 8.77. The number of likely N-dealkylation sites (tertiary alicyclic amines) is 1. The van der Waals surface area contributed by atoms with E-state index in [1.54, 1.807) is 0 Å². The molecule has 162 valence electrons. The second-order valence-corrected chi connectivity index (χ2v) is 8.43. The third-order valence-electron chi connectivity index (χ3n) is 5.92. The van der Waals surface area contributed by atoms with Gasteiger partial charge in [0.15, 0.2) is 11.5 Å². The van der Waals surface area contributed by atoms with E-state index in [1.807, 2.05) is 11.1 Å². The third-order valence-corrected chi connectivity index (χ3v) is 5.92. The summed E-state index contributed by atoms with van der Waals surface area (Å²) in [6.07, 6.45) is 9.03. The maximum Gasteiger partial charge on any atom is 0.161 e. The van der Waals surface area contributed by atoms with Crippen LogP contribution in [0.15, 0.2) is 18.2 Å². The Morgan fingerprint density at radius 1 is 1.14 bits per heavy atom. The average molecular weight is 403 g/mol. The summed E-state index contributed by atoms with van der Waals surface area (Å²) in [6.45, 7) is 7.24. The Hall–Kier alpha value is -1.63. The second kappa shape index (κ2) is 11.5. The molecule has 0 saturated carbocycles. The van der Waals surface area contributed by atoms with Crippen LogP contribution in [0.5, 0.6) is 11.5 Å². The van der Waals surface area contributed by atoms with Crippen LogP contribution < -0.4 is 15.3 Å². The van der Waals surface area contributed by atoms with E-state index in [0.29, 0.717) is 19.8 Å². The van der Waals surface area contributed by atoms with Crippen LogP contribution in [0.4, 0.5) is 0 Å². The normalized spacial score (nSPS) is 17.6. The first kappa shape index (κ1) is 22.1. The monoisotopic (exact) mass is 402 g/mol. The van der Waals surface area contributed by atoms with Gasteiger partial charge in [0.25, 0.3) is 0 Å². The fourth-order valence-corrected chi connectivity index (χ4v) is 4.23. The lowest BCUT2D eigenvalue weighted by atomic mass is 10.0. The molecule has 0 radical (unpaired) electrons. The molecule has 29 heavy (non-hydrogen) atoms. The lowest BCUT2D eigenvalue weighted by Crippen LogP contribution is -2.50. The van der Waals surface area contributed by atoms with E-state index in [4.69, 9.17) is 20.7 Å². The molecule has 6 heteroatoms. The van der Waals surface area contributed by atoms with Crippen LogP contribution in [0.2, 0.25) is 0 Å². The average Bonchev–Trinajstić information content (AvgIpc) is 3.24. The van der Waals surface area contributed by atoms with Gasteiger partial charge in [-0.2, -0.15) is 0 Å². The van der Waals surface area contributed by atoms with Crippen molar-refractivity contribution in [3.05, 3.63) is 23.8 Å². The number of nitrogens with one attached hydrogen (secondary N) is 1. The summed E-state index contributed by atoms with van der Waals surface area (Å²) in [4.78, 5) is 2.51. The Labute approximate surface area is 175 Å². The highest BCUT2D eigenvalue weighted by Gasteiger charge is 2.23. The molecular weight excluding hydrogens is 364 g/mol. The number of rotatable bonds is 12. The molecule has 1 atom stereocenters. The highest BCUT2D eigenvalue weighted by Crippen LogP contribution is 2.31. The quantitative estimate of drug-likeness (QED) is 0.242. The number of ether oxygens (including phenoxy) is 2. The molecule has 6 nitrogen and oxygen atoms in total. The molecule has 0 aliphatic carbocycles. The molecule has 2 aliphatic rings. The molecule has 1 aromatic carbocycles. The predicted octanol–water partition coefficient (Wildman–Crippen LogP) is 3.63. The SMILES string of the molecule is CCCCCCC(=N)CN(N)C(Cc1ccc2c(c1)OCCO2)CN1CCCC1. The van der Waals surface area contributed by atoms with Crippen LogP contribution in [-0.2, 0) is 6.42 Å². The van der Waals surface area contributed by atoms with Crippen molar-refractivity contribution in [2.24, 2.45) is 5.84 Å². The van der Waals surface area contributed by atoms with E-state index in [2.05, 4.69) is 24.0 Å². The molecule has 2 heterocycles. The second-order valence-electron chi connectivity index (χ2n) is 8.43. The Balaban J connectivity index is 1.60. The fraction of sp³-hybridized carbons (Fsp3) is 0.696. The smallest absolute Gasteiger partial charge is 0.161 e. The lowest BCUT2D eigenvalue weighted by molar-refractivity contribution is 0.165. The van der Waals surface area contributed by atoms with Gasteiger partial charge < -0.3 is 19.8 Å². The number of hydrogen-bond acceptors (Lipinski definition) is 6. The van der Waals surface area contributed by atoms with Crippen LogP contribution in [-0.4, -0.2) is 61.1 Å². The minimum atomic E-state index is 0.187. The number of nitrogens with zero attached hydrogens (tertiary/aromatic N) is 2. The van der Waals surface area contributed by atoms with Gasteiger partial charge in [-0.25, -0.2) is 5.01 Å². The van der Waals surface area contributed by atoms with Gasteiger partial charge in [-0.15, -0.1) is 0 Å². The fourth-order valence-electron chi connectivity index (χ4n) is 4.23. The molecule has 1 aromatic rings. The maximum atomic E-state index is 8.36. The predicted molar refractivity (Wildman–Crippen MR) is 118 cm³/mol. The zero-order chi connectivity index (χ0) is 20.5. The van der Waals surface area contributed by atoms with Crippen molar-refractivity contribution >= 4 is 5.71 Å². The van der Waals surface area contributed by atoms with Crippen molar-refractivity contribution in [1.82, 2.24) is 9.91 Å². The molecule has 3 rings (SSSR count). The van der Waals surface area contributed by atoms with E-state index in [0.717, 1.165) is 56.1 Å². The number of unbranched alkanes of at least 4 members (excludes halogenated alkanes) is 3. The van der Waals surface area contributed by atoms with Crippen molar-refractivity contribution in [1.29, 1.82) is 5.41 Å². The van der Waals surface area contributed by atoms with E-state index >= 15 is 0 Å². The van der Waals surface area contributed by atoms with Gasteiger partial charge in [-0.05, 0) is 62.9 Å². The topological polar surface area (TPSA) is 74.8 Å². The Morgan fingerprint density at radius 3 is 2.66 bits per heavy atom. The zero-order valence-electron chi connectivity index (χ0n) is 18.0. The van der Waals surface area contributed by atoms with Crippen LogP contribution in [0.25, 0.3) is 0 Å². The Bertz CT molecular complexity index is 646. The summed E-state index contributed by atoms with van der Waals surface area (Å²) in [5.41, 5.74) is 1.96. The van der Waals surface area contributed by atoms with Crippen LogP contribution in [0, 0.1) is 5.41 Å². The highest BCUT2D eigenvalue weighted by molar-refractivity contribution is 5.83. The molecule has 2 aliphatic heterocycles. The number of hydrogen-bond donors (Lipinski definition) is 2. The first-order chi connectivity index (χ1) is 14.2. The molecule has 0 bridgehead atoms. The van der Waals surface area contributed by atoms with Gasteiger partial charge in [0.1, 0.15) is 13.2 Å². The van der Waals surface area contributed by atoms with Crippen molar-refractivity contribution in [2.75, 3.05) is 39.4 Å². The summed E-state index contributed by atoms with van der Waals surface area (Å²) in [7, 11) is 0. The molecule has 3 N–H and O–H groups in total. The zero-order valence-corrected chi connectivity index (χ0v) is 18.0. The number of fused-ring (bicyclic) bond motifs is 1. The van der Waals surface area contributed by atoms with Gasteiger partial charge in [-0.1, -0.05) is 32.3 Å². The summed E-state index contributed by atoms with van der Waals surface area (Å²) in [5.74, 6) is 8.19. The van der Waals surface area contributed by atoms with E-state index in [9.17, 15) is 0 Å². The molecule has 0 spiro atoms. The van der Waals surface area contributed by atoms with E-state index < -0.39 is 0 Å². The summed E-state index contributed by atoms with van der Waals surface area (Å²) in [6, 6.07) is 6.41. The van der Waals surface area contributed by atoms with Crippen LogP contribution in [0.1, 0.15) is 57.4 Å². The molecule has 0 amide bonds. The molecule has 1 unspecified atom stereocenters. The number of benzene rings is 1. The van der Waals surface area contributed by atoms with Crippen molar-refractivity contribution in [3.8, 4) is 11.5 Å². The number of hydrazine groups is 1. The Morgan fingerprint density at radius 2 is 1.90 bits per heavy atom. The van der Waals surface area contributed by atoms with Gasteiger partial charge in [0, 0.05) is 18.3 Å². The molecule has 0 aromatic heterocycles. The van der Waals surface area contributed by atoms with Crippen LogP contribution in [0.3, 0.4) is 0 Å². The van der Waals surface area contributed by atoms with E-state index in [1.165, 1.54) is 37.7 Å². The van der Waals surface area contributed by atoms with Crippen molar-refractivity contribution < 1.29 is 9.47 Å². The van der Waals surface area contributed by atoms with Crippen LogP contribution >= 0.6 is 0 Å². The number of nitrogens with two attached hydrogens (primary N) is 1. The first-order valence-corrected chi connectivity index (χ1v) is 11.3. The summed E-state index contributed by atoms with van der Waals surface area (Å²) in [5, 5.41) is 10.3. The van der Waals surface area contributed by atoms with E-state index in [-0.39, 0.29) is 6.04 Å². The standard InChI is InChI=1S/C23H38N4O2/c1-2-3-4-5-8-20(24)17-27(25)21(18-26-11-6-7-12-26)15-19-9-10-22-23(16-19)29-14-13-28-22/h9-10,16,21,24H,2-8,11-15,17-18,25H2,1H3. The molecular formula is C23H38N4O2. The first-order valence-electron chi connectivity index (χ1n) is 11.3.